The van der Waals surface area contributed by atoms with Crippen LogP contribution in [0.25, 0.3) is 0 Å². The lowest BCUT2D eigenvalue weighted by molar-refractivity contribution is 0.403. The van der Waals surface area contributed by atoms with Crippen molar-refractivity contribution in [3.8, 4) is 11.5 Å². The zero-order chi connectivity index (χ0) is 12.3. The van der Waals surface area contributed by atoms with Crippen molar-refractivity contribution in [3.63, 3.8) is 0 Å². The van der Waals surface area contributed by atoms with Gasteiger partial charge in [-0.25, -0.2) is 0 Å². The monoisotopic (exact) mass is 229 g/mol. The first kappa shape index (κ1) is 11.3. The molecule has 3 heteroatoms. The van der Waals surface area contributed by atoms with E-state index < -0.39 is 0 Å². The predicted octanol–water partition coefficient (Wildman–Crippen LogP) is 2.47. The highest BCUT2D eigenvalue weighted by molar-refractivity contribution is 5.41. The Morgan fingerprint density at radius 3 is 2.00 bits per heavy atom. The van der Waals surface area contributed by atoms with Crippen molar-refractivity contribution in [3.05, 3.63) is 53.6 Å². The van der Waals surface area contributed by atoms with Gasteiger partial charge in [0.1, 0.15) is 0 Å². The van der Waals surface area contributed by atoms with Gasteiger partial charge in [0.05, 0.1) is 0 Å². The number of hydrogen-bond acceptors (Lipinski definition) is 3. The van der Waals surface area contributed by atoms with Gasteiger partial charge in [0.2, 0.25) is 0 Å². The van der Waals surface area contributed by atoms with E-state index in [1.54, 1.807) is 6.07 Å². The summed E-state index contributed by atoms with van der Waals surface area (Å²) in [5.74, 6) is -0.152. The van der Waals surface area contributed by atoms with E-state index in [1.165, 1.54) is 11.6 Å². The second-order valence-electron chi connectivity index (χ2n) is 4.06. The molecule has 0 aliphatic rings. The number of benzene rings is 2. The lowest BCUT2D eigenvalue weighted by atomic mass is 10.0. The van der Waals surface area contributed by atoms with Crippen LogP contribution in [0.5, 0.6) is 11.5 Å². The SMILES string of the molecule is Nc1ccc(CCc2ccc(O)c(O)c2)cc1. The van der Waals surface area contributed by atoms with Crippen molar-refractivity contribution >= 4 is 5.69 Å². The maximum absolute atomic E-state index is 9.37. The van der Waals surface area contributed by atoms with Gasteiger partial charge < -0.3 is 15.9 Å². The molecular weight excluding hydrogens is 214 g/mol. The number of phenols is 2. The summed E-state index contributed by atoms with van der Waals surface area (Å²) in [6, 6.07) is 12.7. The van der Waals surface area contributed by atoms with Crippen molar-refractivity contribution in [2.45, 2.75) is 12.8 Å². The molecule has 0 atom stereocenters. The van der Waals surface area contributed by atoms with E-state index in [-0.39, 0.29) is 11.5 Å². The van der Waals surface area contributed by atoms with Crippen LogP contribution in [-0.2, 0) is 12.8 Å². The Bertz CT molecular complexity index is 506. The Hall–Kier alpha value is -2.16. The highest BCUT2D eigenvalue weighted by Gasteiger charge is 2.01. The van der Waals surface area contributed by atoms with Crippen LogP contribution in [0.4, 0.5) is 5.69 Å². The molecule has 0 heterocycles. The normalized spacial score (nSPS) is 10.4. The molecule has 0 aromatic heterocycles. The summed E-state index contributed by atoms with van der Waals surface area (Å²) in [6.07, 6.45) is 1.70. The summed E-state index contributed by atoms with van der Waals surface area (Å²) in [6.45, 7) is 0. The van der Waals surface area contributed by atoms with Crippen molar-refractivity contribution in [1.82, 2.24) is 0 Å². The third kappa shape index (κ3) is 2.91. The maximum Gasteiger partial charge on any atom is 0.157 e. The van der Waals surface area contributed by atoms with E-state index in [0.29, 0.717) is 0 Å². The number of nitrogen functional groups attached to an aromatic ring is 1. The van der Waals surface area contributed by atoms with E-state index >= 15 is 0 Å². The predicted molar refractivity (Wildman–Crippen MR) is 68.0 cm³/mol. The molecule has 2 aromatic rings. The number of rotatable bonds is 3. The summed E-state index contributed by atoms with van der Waals surface area (Å²) in [5, 5.41) is 18.6. The van der Waals surface area contributed by atoms with Gasteiger partial charge in [-0.15, -0.1) is 0 Å². The molecule has 0 aliphatic heterocycles. The molecule has 0 bridgehead atoms. The van der Waals surface area contributed by atoms with Crippen LogP contribution in [0.3, 0.4) is 0 Å². The summed E-state index contributed by atoms with van der Waals surface area (Å²) in [7, 11) is 0. The minimum Gasteiger partial charge on any atom is -0.504 e. The van der Waals surface area contributed by atoms with Gasteiger partial charge in [-0.2, -0.15) is 0 Å². The molecule has 2 aromatic carbocycles. The molecule has 0 aliphatic carbocycles. The third-order valence-corrected chi connectivity index (χ3v) is 2.72. The van der Waals surface area contributed by atoms with Gasteiger partial charge in [-0.05, 0) is 48.2 Å². The van der Waals surface area contributed by atoms with E-state index in [4.69, 9.17) is 5.73 Å². The zero-order valence-corrected chi connectivity index (χ0v) is 9.43. The summed E-state index contributed by atoms with van der Waals surface area (Å²) >= 11 is 0. The second kappa shape index (κ2) is 4.78. The third-order valence-electron chi connectivity index (χ3n) is 2.72. The van der Waals surface area contributed by atoms with Gasteiger partial charge >= 0.3 is 0 Å². The molecule has 0 unspecified atom stereocenters. The number of aromatic hydroxyl groups is 2. The van der Waals surface area contributed by atoms with Crippen molar-refractivity contribution in [2.24, 2.45) is 0 Å². The van der Waals surface area contributed by atoms with Crippen molar-refractivity contribution < 1.29 is 10.2 Å². The smallest absolute Gasteiger partial charge is 0.157 e. The van der Waals surface area contributed by atoms with Crippen LogP contribution in [0.1, 0.15) is 11.1 Å². The van der Waals surface area contributed by atoms with Gasteiger partial charge in [-0.3, -0.25) is 0 Å². The Morgan fingerprint density at radius 1 is 0.765 bits per heavy atom. The highest BCUT2D eigenvalue weighted by atomic mass is 16.3. The van der Waals surface area contributed by atoms with E-state index in [1.807, 2.05) is 30.3 Å². The van der Waals surface area contributed by atoms with E-state index in [2.05, 4.69) is 0 Å². The lowest BCUT2D eigenvalue weighted by Gasteiger charge is -2.04. The Balaban J connectivity index is 2.02. The van der Waals surface area contributed by atoms with Crippen LogP contribution < -0.4 is 5.73 Å². The largest absolute Gasteiger partial charge is 0.504 e. The minimum absolute atomic E-state index is 0.0696. The fourth-order valence-electron chi connectivity index (χ4n) is 1.70. The van der Waals surface area contributed by atoms with Crippen LogP contribution in [-0.4, -0.2) is 10.2 Å². The van der Waals surface area contributed by atoms with Crippen molar-refractivity contribution in [1.29, 1.82) is 0 Å². The maximum atomic E-state index is 9.37. The van der Waals surface area contributed by atoms with Gasteiger partial charge in [0.25, 0.3) is 0 Å². The Morgan fingerprint density at radius 2 is 1.35 bits per heavy atom. The number of anilines is 1. The molecular formula is C14H15NO2. The number of phenolic OH excluding ortho intramolecular Hbond substituents is 2. The van der Waals surface area contributed by atoms with Gasteiger partial charge in [0.15, 0.2) is 11.5 Å². The molecule has 0 fully saturated rings. The number of aryl methyl sites for hydroxylation is 2. The fourth-order valence-corrected chi connectivity index (χ4v) is 1.70. The number of hydrogen-bond donors (Lipinski definition) is 3. The van der Waals surface area contributed by atoms with Crippen molar-refractivity contribution in [2.75, 3.05) is 5.73 Å². The lowest BCUT2D eigenvalue weighted by Crippen LogP contribution is -1.92. The first-order chi connectivity index (χ1) is 8.15. The molecule has 0 radical (unpaired) electrons. The quantitative estimate of drug-likeness (QED) is 0.559. The zero-order valence-electron chi connectivity index (χ0n) is 9.43. The molecule has 17 heavy (non-hydrogen) atoms. The van der Waals surface area contributed by atoms with Crippen LogP contribution in [0.2, 0.25) is 0 Å². The van der Waals surface area contributed by atoms with Gasteiger partial charge in [-0.1, -0.05) is 18.2 Å². The summed E-state index contributed by atoms with van der Waals surface area (Å²) in [4.78, 5) is 0. The minimum atomic E-state index is -0.0822. The van der Waals surface area contributed by atoms with E-state index in [9.17, 15) is 10.2 Å². The molecule has 0 saturated heterocycles. The molecule has 3 nitrogen and oxygen atoms in total. The molecule has 88 valence electrons. The Labute approximate surface area is 100 Å². The summed E-state index contributed by atoms with van der Waals surface area (Å²) in [5.41, 5.74) is 8.57. The number of nitrogens with two attached hydrogens (primary N) is 1. The first-order valence-corrected chi connectivity index (χ1v) is 5.50. The van der Waals surface area contributed by atoms with Crippen LogP contribution in [0, 0.1) is 0 Å². The summed E-state index contributed by atoms with van der Waals surface area (Å²) < 4.78 is 0. The van der Waals surface area contributed by atoms with Crippen LogP contribution >= 0.6 is 0 Å². The molecule has 4 N–H and O–H groups in total. The average Bonchev–Trinajstić information content (AvgIpc) is 2.33. The van der Waals surface area contributed by atoms with Crippen LogP contribution in [0.15, 0.2) is 42.5 Å². The fraction of sp³-hybridized carbons (Fsp3) is 0.143. The average molecular weight is 229 g/mol. The highest BCUT2D eigenvalue weighted by Crippen LogP contribution is 2.25. The molecule has 0 saturated carbocycles. The first-order valence-electron chi connectivity index (χ1n) is 5.50. The molecule has 0 spiro atoms. The Kier molecular flexibility index (Phi) is 3.19. The molecule has 2 rings (SSSR count). The molecule has 0 amide bonds. The van der Waals surface area contributed by atoms with Gasteiger partial charge in [0, 0.05) is 5.69 Å². The topological polar surface area (TPSA) is 66.5 Å². The standard InChI is InChI=1S/C14H15NO2/c15-12-6-3-10(4-7-12)1-2-11-5-8-13(16)14(17)9-11/h3-9,16-17H,1-2,15H2. The second-order valence-corrected chi connectivity index (χ2v) is 4.06. The van der Waals surface area contributed by atoms with E-state index in [0.717, 1.165) is 24.1 Å².